The molecule has 0 bridgehead atoms. The predicted octanol–water partition coefficient (Wildman–Crippen LogP) is 3.23. The molecule has 2 aromatic carbocycles. The Balaban J connectivity index is 1.53. The summed E-state index contributed by atoms with van der Waals surface area (Å²) in [6, 6.07) is 10.9. The Kier molecular flexibility index (Phi) is 6.35. The van der Waals surface area contributed by atoms with E-state index >= 15 is 0 Å². The zero-order valence-corrected chi connectivity index (χ0v) is 16.3. The van der Waals surface area contributed by atoms with Crippen LogP contribution in [0.2, 0.25) is 5.02 Å². The average Bonchev–Trinajstić information content (AvgIpc) is 2.68. The molecule has 1 aliphatic rings. The van der Waals surface area contributed by atoms with E-state index in [9.17, 15) is 24.5 Å². The number of rotatable bonds is 6. The minimum atomic E-state index is -0.755. The molecule has 1 atom stereocenters. The Morgan fingerprint density at radius 2 is 2.03 bits per heavy atom. The number of benzene rings is 2. The number of nitro benzene ring substituents is 1. The maximum absolute atomic E-state index is 12.1. The lowest BCUT2D eigenvalue weighted by molar-refractivity contribution is -0.383. The van der Waals surface area contributed by atoms with E-state index in [-0.39, 0.29) is 28.7 Å². The summed E-state index contributed by atoms with van der Waals surface area (Å²) in [5.74, 6) is -1.82. The molecule has 0 aromatic heterocycles. The molecule has 11 heteroatoms. The number of para-hydroxylation sites is 1. The van der Waals surface area contributed by atoms with Crippen LogP contribution in [-0.4, -0.2) is 34.6 Å². The van der Waals surface area contributed by atoms with E-state index < -0.39 is 28.7 Å². The fourth-order valence-electron chi connectivity index (χ4n) is 2.53. The number of halogens is 1. The summed E-state index contributed by atoms with van der Waals surface area (Å²) in [6.07, 6.45) is -0.223. The van der Waals surface area contributed by atoms with Crippen LogP contribution in [0.15, 0.2) is 47.4 Å². The number of nitro groups is 1. The number of hydrogen-bond acceptors (Lipinski definition) is 7. The summed E-state index contributed by atoms with van der Waals surface area (Å²) in [6.45, 7) is -0.645. The quantitative estimate of drug-likeness (QED) is 0.405. The molecule has 0 saturated heterocycles. The van der Waals surface area contributed by atoms with Crippen LogP contribution in [0.25, 0.3) is 0 Å². The fourth-order valence-corrected chi connectivity index (χ4v) is 3.79. The Bertz CT molecular complexity index is 999. The number of carbonyl (C=O) groups excluding carboxylic acids is 3. The molecule has 3 rings (SSSR count). The number of hydrogen-bond donors (Lipinski definition) is 2. The van der Waals surface area contributed by atoms with E-state index in [2.05, 4.69) is 10.6 Å². The van der Waals surface area contributed by atoms with Gasteiger partial charge in [0, 0.05) is 16.0 Å². The van der Waals surface area contributed by atoms with Crippen LogP contribution in [-0.2, 0) is 19.1 Å². The molecular formula is C18H14ClN3O6S. The lowest BCUT2D eigenvalue weighted by Gasteiger charge is -2.23. The van der Waals surface area contributed by atoms with Gasteiger partial charge in [-0.05, 0) is 24.3 Å². The minimum Gasteiger partial charge on any atom is -0.456 e. The van der Waals surface area contributed by atoms with Crippen molar-refractivity contribution in [2.24, 2.45) is 0 Å². The molecular weight excluding hydrogens is 422 g/mol. The SMILES string of the molecule is O=C(COC(=O)C[C@@H]1Sc2ccccc2NC1=O)Nc1ccc(Cl)cc1[N+](=O)[O-]. The summed E-state index contributed by atoms with van der Waals surface area (Å²) < 4.78 is 4.90. The third-order valence-corrected chi connectivity index (χ3v) is 5.36. The normalized spacial score (nSPS) is 15.1. The number of ether oxygens (including phenoxy) is 1. The summed E-state index contributed by atoms with van der Waals surface area (Å²) in [4.78, 5) is 47.3. The van der Waals surface area contributed by atoms with Crippen molar-refractivity contribution in [1.82, 2.24) is 0 Å². The van der Waals surface area contributed by atoms with Gasteiger partial charge in [-0.2, -0.15) is 0 Å². The largest absolute Gasteiger partial charge is 0.456 e. The Morgan fingerprint density at radius 1 is 1.28 bits per heavy atom. The molecule has 29 heavy (non-hydrogen) atoms. The van der Waals surface area contributed by atoms with Crippen molar-refractivity contribution in [1.29, 1.82) is 0 Å². The van der Waals surface area contributed by atoms with Gasteiger partial charge in [-0.1, -0.05) is 23.7 Å². The highest BCUT2D eigenvalue weighted by atomic mass is 35.5. The molecule has 0 fully saturated rings. The summed E-state index contributed by atoms with van der Waals surface area (Å²) in [5.41, 5.74) is 0.224. The first-order chi connectivity index (χ1) is 13.8. The second kappa shape index (κ2) is 8.93. The number of amides is 2. The number of nitrogens with zero attached hydrogens (tertiary/aromatic N) is 1. The zero-order valence-electron chi connectivity index (χ0n) is 14.7. The van der Waals surface area contributed by atoms with Gasteiger partial charge in [0.1, 0.15) is 5.69 Å². The van der Waals surface area contributed by atoms with Gasteiger partial charge in [-0.15, -0.1) is 11.8 Å². The highest BCUT2D eigenvalue weighted by Gasteiger charge is 2.29. The first-order valence-corrected chi connectivity index (χ1v) is 9.55. The number of carbonyl (C=O) groups is 3. The topological polar surface area (TPSA) is 128 Å². The number of fused-ring (bicyclic) bond motifs is 1. The molecule has 1 heterocycles. The van der Waals surface area contributed by atoms with Crippen molar-refractivity contribution < 1.29 is 24.0 Å². The highest BCUT2D eigenvalue weighted by molar-refractivity contribution is 8.01. The molecule has 2 amide bonds. The molecule has 0 aliphatic carbocycles. The van der Waals surface area contributed by atoms with E-state index in [0.29, 0.717) is 5.69 Å². The molecule has 0 spiro atoms. The lowest BCUT2D eigenvalue weighted by Crippen LogP contribution is -2.32. The Morgan fingerprint density at radius 3 is 2.79 bits per heavy atom. The van der Waals surface area contributed by atoms with Crippen molar-refractivity contribution in [2.75, 3.05) is 17.2 Å². The van der Waals surface area contributed by atoms with Crippen LogP contribution in [0.5, 0.6) is 0 Å². The zero-order chi connectivity index (χ0) is 21.0. The summed E-state index contributed by atoms with van der Waals surface area (Å²) >= 11 is 6.95. The summed E-state index contributed by atoms with van der Waals surface area (Å²) in [7, 11) is 0. The van der Waals surface area contributed by atoms with Crippen LogP contribution >= 0.6 is 23.4 Å². The lowest BCUT2D eigenvalue weighted by atomic mass is 10.2. The first kappa shape index (κ1) is 20.6. The van der Waals surface area contributed by atoms with Gasteiger partial charge < -0.3 is 15.4 Å². The molecule has 0 saturated carbocycles. The second-order valence-corrected chi connectivity index (χ2v) is 7.60. The van der Waals surface area contributed by atoms with Crippen LogP contribution in [0.3, 0.4) is 0 Å². The number of esters is 1. The van der Waals surface area contributed by atoms with Crippen molar-refractivity contribution >= 4 is 58.2 Å². The molecule has 9 nitrogen and oxygen atoms in total. The molecule has 0 unspecified atom stereocenters. The van der Waals surface area contributed by atoms with E-state index in [1.165, 1.54) is 23.9 Å². The van der Waals surface area contributed by atoms with E-state index in [0.717, 1.165) is 11.0 Å². The highest BCUT2D eigenvalue weighted by Crippen LogP contribution is 2.36. The van der Waals surface area contributed by atoms with Crippen molar-refractivity contribution in [3.05, 3.63) is 57.6 Å². The fraction of sp³-hybridized carbons (Fsp3) is 0.167. The van der Waals surface area contributed by atoms with Gasteiger partial charge in [0.05, 0.1) is 22.3 Å². The monoisotopic (exact) mass is 435 g/mol. The van der Waals surface area contributed by atoms with Crippen LogP contribution in [0.1, 0.15) is 6.42 Å². The third kappa shape index (κ3) is 5.24. The van der Waals surface area contributed by atoms with Crippen molar-refractivity contribution in [2.45, 2.75) is 16.6 Å². The van der Waals surface area contributed by atoms with Crippen LogP contribution in [0.4, 0.5) is 17.1 Å². The van der Waals surface area contributed by atoms with E-state index in [1.807, 2.05) is 12.1 Å². The van der Waals surface area contributed by atoms with Gasteiger partial charge in [0.2, 0.25) is 5.91 Å². The smallest absolute Gasteiger partial charge is 0.307 e. The minimum absolute atomic E-state index is 0.0701. The Hall–Kier alpha value is -3.11. The van der Waals surface area contributed by atoms with E-state index in [1.54, 1.807) is 12.1 Å². The van der Waals surface area contributed by atoms with Gasteiger partial charge in [-0.3, -0.25) is 24.5 Å². The molecule has 0 radical (unpaired) electrons. The maximum atomic E-state index is 12.1. The average molecular weight is 436 g/mol. The van der Waals surface area contributed by atoms with Crippen LogP contribution < -0.4 is 10.6 Å². The number of thioether (sulfide) groups is 1. The maximum Gasteiger partial charge on any atom is 0.307 e. The van der Waals surface area contributed by atoms with Gasteiger partial charge in [0.15, 0.2) is 6.61 Å². The van der Waals surface area contributed by atoms with Crippen molar-refractivity contribution in [3.63, 3.8) is 0 Å². The number of nitrogens with one attached hydrogen (secondary N) is 2. The van der Waals surface area contributed by atoms with Gasteiger partial charge in [0.25, 0.3) is 11.6 Å². The standard InChI is InChI=1S/C18H14ClN3O6S/c19-10-5-6-11(13(7-10)22(26)27)20-16(23)9-28-17(24)8-15-18(25)21-12-3-1-2-4-14(12)29-15/h1-7,15H,8-9H2,(H,20,23)(H,21,25)/t15-/m0/s1. The second-order valence-electron chi connectivity index (χ2n) is 5.92. The molecule has 2 aromatic rings. The summed E-state index contributed by atoms with van der Waals surface area (Å²) in [5, 5.41) is 15.5. The number of anilines is 2. The molecule has 150 valence electrons. The van der Waals surface area contributed by atoms with Crippen LogP contribution in [0, 0.1) is 10.1 Å². The van der Waals surface area contributed by atoms with Gasteiger partial charge in [-0.25, -0.2) is 0 Å². The van der Waals surface area contributed by atoms with Crippen molar-refractivity contribution in [3.8, 4) is 0 Å². The van der Waals surface area contributed by atoms with Gasteiger partial charge >= 0.3 is 5.97 Å². The predicted molar refractivity (Wildman–Crippen MR) is 107 cm³/mol. The van der Waals surface area contributed by atoms with E-state index in [4.69, 9.17) is 16.3 Å². The Labute approximate surface area is 173 Å². The first-order valence-electron chi connectivity index (χ1n) is 8.29. The molecule has 2 N–H and O–H groups in total. The third-order valence-electron chi connectivity index (χ3n) is 3.85. The molecule has 1 aliphatic heterocycles.